The van der Waals surface area contributed by atoms with Crippen LogP contribution in [0.2, 0.25) is 0 Å². The molecule has 0 unspecified atom stereocenters. The molecule has 0 aliphatic carbocycles. The monoisotopic (exact) mass is 244 g/mol. The van der Waals surface area contributed by atoms with E-state index >= 15 is 0 Å². The van der Waals surface area contributed by atoms with Gasteiger partial charge in [0.15, 0.2) is 0 Å². The summed E-state index contributed by atoms with van der Waals surface area (Å²) in [6.07, 6.45) is 1.99. The number of benzene rings is 1. The lowest BCUT2D eigenvalue weighted by Gasteiger charge is -2.18. The highest BCUT2D eigenvalue weighted by atomic mass is 16.5. The van der Waals surface area contributed by atoms with E-state index < -0.39 is 0 Å². The van der Waals surface area contributed by atoms with Gasteiger partial charge >= 0.3 is 0 Å². The lowest BCUT2D eigenvalue weighted by atomic mass is 10.2. The second kappa shape index (κ2) is 5.36. The number of ether oxygens (including phenoxy) is 1. The molecule has 0 atom stereocenters. The van der Waals surface area contributed by atoms with Crippen LogP contribution in [0.5, 0.6) is 0 Å². The predicted octanol–water partition coefficient (Wildman–Crippen LogP) is 3.25. The summed E-state index contributed by atoms with van der Waals surface area (Å²) in [4.78, 5) is 0. The highest BCUT2D eigenvalue weighted by molar-refractivity contribution is 5.15. The zero-order chi connectivity index (χ0) is 13.0. The fraction of sp³-hybridized carbons (Fsp3) is 0.400. The van der Waals surface area contributed by atoms with Gasteiger partial charge in [0, 0.05) is 6.20 Å². The van der Waals surface area contributed by atoms with Crippen LogP contribution in [0.1, 0.15) is 32.0 Å². The largest absolute Gasteiger partial charge is 0.370 e. The van der Waals surface area contributed by atoms with Crippen molar-refractivity contribution in [3.05, 3.63) is 53.9 Å². The first-order valence-corrected chi connectivity index (χ1v) is 6.23. The Labute approximate surface area is 108 Å². The Morgan fingerprint density at radius 1 is 1.11 bits per heavy atom. The van der Waals surface area contributed by atoms with Crippen LogP contribution >= 0.6 is 0 Å². The van der Waals surface area contributed by atoms with Gasteiger partial charge in [-0.3, -0.25) is 4.68 Å². The first kappa shape index (κ1) is 12.8. The van der Waals surface area contributed by atoms with E-state index in [2.05, 4.69) is 17.2 Å². The van der Waals surface area contributed by atoms with Crippen LogP contribution in [-0.2, 0) is 17.9 Å². The molecule has 0 amide bonds. The van der Waals surface area contributed by atoms with Crippen LogP contribution in [0.4, 0.5) is 0 Å². The molecule has 2 aromatic rings. The third-order valence-electron chi connectivity index (χ3n) is 2.54. The molecule has 0 saturated heterocycles. The molecular weight excluding hydrogens is 224 g/mol. The molecule has 1 aromatic carbocycles. The predicted molar refractivity (Wildman–Crippen MR) is 72.3 cm³/mol. The van der Waals surface area contributed by atoms with E-state index in [1.54, 1.807) is 0 Å². The van der Waals surface area contributed by atoms with Crippen molar-refractivity contribution < 1.29 is 4.74 Å². The van der Waals surface area contributed by atoms with Crippen LogP contribution in [0.3, 0.4) is 0 Å². The van der Waals surface area contributed by atoms with Crippen LogP contribution in [0.15, 0.2) is 42.6 Å². The van der Waals surface area contributed by atoms with Crippen LogP contribution in [0.25, 0.3) is 0 Å². The maximum atomic E-state index is 5.70. The van der Waals surface area contributed by atoms with E-state index in [4.69, 9.17) is 4.74 Å². The van der Waals surface area contributed by atoms with Gasteiger partial charge in [-0.05, 0) is 32.4 Å². The second-order valence-electron chi connectivity index (χ2n) is 5.39. The van der Waals surface area contributed by atoms with E-state index in [1.807, 2.05) is 55.9 Å². The summed E-state index contributed by atoms with van der Waals surface area (Å²) in [6.45, 7) is 7.51. The van der Waals surface area contributed by atoms with Gasteiger partial charge < -0.3 is 4.74 Å². The summed E-state index contributed by atoms with van der Waals surface area (Å²) in [6, 6.07) is 12.3. The van der Waals surface area contributed by atoms with Gasteiger partial charge in [0.2, 0.25) is 0 Å². The smallest absolute Gasteiger partial charge is 0.0913 e. The molecule has 3 nitrogen and oxygen atoms in total. The molecule has 1 aromatic heterocycles. The molecule has 1 heterocycles. The molecule has 0 aliphatic rings. The van der Waals surface area contributed by atoms with Gasteiger partial charge in [0.25, 0.3) is 0 Å². The molecule has 96 valence electrons. The lowest BCUT2D eigenvalue weighted by molar-refractivity contribution is -0.0166. The van der Waals surface area contributed by atoms with Crippen molar-refractivity contribution in [1.82, 2.24) is 9.78 Å². The zero-order valence-corrected chi connectivity index (χ0v) is 11.3. The van der Waals surface area contributed by atoms with Gasteiger partial charge in [-0.2, -0.15) is 5.10 Å². The second-order valence-corrected chi connectivity index (χ2v) is 5.39. The quantitative estimate of drug-likeness (QED) is 0.825. The minimum Gasteiger partial charge on any atom is -0.370 e. The van der Waals surface area contributed by atoms with Crippen molar-refractivity contribution in [3.63, 3.8) is 0 Å². The highest BCUT2D eigenvalue weighted by Crippen LogP contribution is 2.11. The van der Waals surface area contributed by atoms with E-state index in [9.17, 15) is 0 Å². The summed E-state index contributed by atoms with van der Waals surface area (Å²) >= 11 is 0. The number of hydrogen-bond acceptors (Lipinski definition) is 2. The molecule has 0 N–H and O–H groups in total. The number of hydrogen-bond donors (Lipinski definition) is 0. The van der Waals surface area contributed by atoms with Crippen molar-refractivity contribution in [1.29, 1.82) is 0 Å². The molecule has 0 bridgehead atoms. The van der Waals surface area contributed by atoms with Gasteiger partial charge in [-0.1, -0.05) is 30.3 Å². The third kappa shape index (κ3) is 4.00. The molecule has 0 aliphatic heterocycles. The summed E-state index contributed by atoms with van der Waals surface area (Å²) in [7, 11) is 0. The molecule has 3 heteroatoms. The van der Waals surface area contributed by atoms with Crippen LogP contribution in [0, 0.1) is 0 Å². The van der Waals surface area contributed by atoms with Crippen molar-refractivity contribution >= 4 is 0 Å². The van der Waals surface area contributed by atoms with Crippen LogP contribution in [-0.4, -0.2) is 15.4 Å². The fourth-order valence-electron chi connectivity index (χ4n) is 1.63. The van der Waals surface area contributed by atoms with Crippen molar-refractivity contribution in [3.8, 4) is 0 Å². The molecular formula is C15H20N2O. The van der Waals surface area contributed by atoms with Gasteiger partial charge in [0.05, 0.1) is 24.4 Å². The van der Waals surface area contributed by atoms with E-state index in [-0.39, 0.29) is 5.60 Å². The molecule has 0 saturated carbocycles. The van der Waals surface area contributed by atoms with E-state index in [0.29, 0.717) is 6.61 Å². The van der Waals surface area contributed by atoms with Gasteiger partial charge in [-0.25, -0.2) is 0 Å². The van der Waals surface area contributed by atoms with Crippen molar-refractivity contribution in [2.75, 3.05) is 0 Å². The van der Waals surface area contributed by atoms with E-state index in [1.165, 1.54) is 5.56 Å². The van der Waals surface area contributed by atoms with Gasteiger partial charge in [-0.15, -0.1) is 0 Å². The summed E-state index contributed by atoms with van der Waals surface area (Å²) in [5.41, 5.74) is 2.10. The summed E-state index contributed by atoms with van der Waals surface area (Å²) in [5, 5.41) is 4.50. The maximum absolute atomic E-state index is 5.70. The lowest BCUT2D eigenvalue weighted by Crippen LogP contribution is -2.18. The topological polar surface area (TPSA) is 27.1 Å². The molecule has 18 heavy (non-hydrogen) atoms. The number of rotatable bonds is 4. The molecule has 0 radical (unpaired) electrons. The summed E-state index contributed by atoms with van der Waals surface area (Å²) in [5.74, 6) is 0. The van der Waals surface area contributed by atoms with Crippen LogP contribution < -0.4 is 0 Å². The Hall–Kier alpha value is -1.61. The Morgan fingerprint density at radius 3 is 2.50 bits per heavy atom. The third-order valence-corrected chi connectivity index (χ3v) is 2.54. The summed E-state index contributed by atoms with van der Waals surface area (Å²) < 4.78 is 7.64. The van der Waals surface area contributed by atoms with E-state index in [0.717, 1.165) is 12.2 Å². The number of nitrogens with zero attached hydrogens (tertiary/aromatic N) is 2. The van der Waals surface area contributed by atoms with Crippen molar-refractivity contribution in [2.24, 2.45) is 0 Å². The average molecular weight is 244 g/mol. The fourth-order valence-corrected chi connectivity index (χ4v) is 1.63. The maximum Gasteiger partial charge on any atom is 0.0913 e. The Balaban J connectivity index is 1.94. The zero-order valence-electron chi connectivity index (χ0n) is 11.3. The molecule has 2 rings (SSSR count). The Morgan fingerprint density at radius 2 is 1.83 bits per heavy atom. The first-order chi connectivity index (χ1) is 8.53. The molecule has 0 fully saturated rings. The minimum absolute atomic E-state index is 0.122. The van der Waals surface area contributed by atoms with Crippen molar-refractivity contribution in [2.45, 2.75) is 39.5 Å². The Kier molecular flexibility index (Phi) is 3.82. The van der Waals surface area contributed by atoms with Gasteiger partial charge in [0.1, 0.15) is 0 Å². The highest BCUT2D eigenvalue weighted by Gasteiger charge is 2.11. The molecule has 0 spiro atoms. The SMILES string of the molecule is CC(C)(C)OCc1ccn(Cc2ccccc2)n1. The average Bonchev–Trinajstić information content (AvgIpc) is 2.75. The standard InChI is InChI=1S/C15H20N2O/c1-15(2,3)18-12-14-9-10-17(16-14)11-13-7-5-4-6-8-13/h4-10H,11-12H2,1-3H3. The normalized spacial score (nSPS) is 11.7. The minimum atomic E-state index is -0.122. The Bertz CT molecular complexity index is 483. The number of aromatic nitrogens is 2. The first-order valence-electron chi connectivity index (χ1n) is 6.23.